The molecular formula is C24H30Cl2N2O2. The van der Waals surface area contributed by atoms with Gasteiger partial charge in [-0.2, -0.15) is 5.10 Å². The minimum absolute atomic E-state index is 0.186. The number of aromatic hydroxyl groups is 1. The number of hydrazone groups is 1. The highest BCUT2D eigenvalue weighted by Crippen LogP contribution is 2.40. The molecule has 6 heteroatoms. The summed E-state index contributed by atoms with van der Waals surface area (Å²) >= 11 is 11.9. The fourth-order valence-corrected chi connectivity index (χ4v) is 3.37. The van der Waals surface area contributed by atoms with Crippen LogP contribution in [-0.2, 0) is 22.0 Å². The molecule has 2 rings (SSSR count). The van der Waals surface area contributed by atoms with Crippen molar-refractivity contribution in [2.45, 2.75) is 65.2 Å². The molecule has 0 saturated carbocycles. The molecule has 0 fully saturated rings. The standard InChI is InChI=1S/C24H30Cl2N2O2/c1-23(2,3)17-11-15(12-18(22(17)30)24(4,5)6)8-10-21(29)28-27-14-16-7-9-19(25)20(26)13-16/h7,9,11-14,30H,8,10H2,1-6H3,(H,28,29)/b27-14-. The van der Waals surface area contributed by atoms with Gasteiger partial charge in [-0.3, -0.25) is 4.79 Å². The molecule has 2 N–H and O–H groups in total. The molecule has 162 valence electrons. The van der Waals surface area contributed by atoms with Crippen LogP contribution in [0.1, 0.15) is 70.2 Å². The Morgan fingerprint density at radius 1 is 1.00 bits per heavy atom. The van der Waals surface area contributed by atoms with Gasteiger partial charge in [-0.25, -0.2) is 5.43 Å². The van der Waals surface area contributed by atoms with Crippen LogP contribution in [0.5, 0.6) is 5.75 Å². The number of halogens is 2. The highest BCUT2D eigenvalue weighted by Gasteiger charge is 2.26. The average Bonchev–Trinajstić information content (AvgIpc) is 2.61. The normalized spacial score (nSPS) is 12.4. The van der Waals surface area contributed by atoms with Gasteiger partial charge in [-0.05, 0) is 51.6 Å². The maximum absolute atomic E-state index is 12.2. The smallest absolute Gasteiger partial charge is 0.240 e. The van der Waals surface area contributed by atoms with Crippen LogP contribution >= 0.6 is 23.2 Å². The van der Waals surface area contributed by atoms with Crippen LogP contribution < -0.4 is 5.43 Å². The van der Waals surface area contributed by atoms with Crippen LogP contribution in [0.25, 0.3) is 0 Å². The quantitative estimate of drug-likeness (QED) is 0.411. The Hall–Kier alpha value is -2.04. The van der Waals surface area contributed by atoms with Gasteiger partial charge >= 0.3 is 0 Å². The lowest BCUT2D eigenvalue weighted by Gasteiger charge is -2.28. The van der Waals surface area contributed by atoms with Gasteiger partial charge in [0.1, 0.15) is 5.75 Å². The van der Waals surface area contributed by atoms with Gasteiger partial charge in [0.2, 0.25) is 5.91 Å². The van der Waals surface area contributed by atoms with E-state index >= 15 is 0 Å². The number of amides is 1. The van der Waals surface area contributed by atoms with Crippen LogP contribution in [-0.4, -0.2) is 17.2 Å². The Bertz CT molecular complexity index is 920. The first-order valence-electron chi connectivity index (χ1n) is 9.93. The van der Waals surface area contributed by atoms with E-state index < -0.39 is 0 Å². The zero-order valence-corrected chi connectivity index (χ0v) is 19.9. The molecule has 0 spiro atoms. The number of nitrogens with one attached hydrogen (secondary N) is 1. The number of aryl methyl sites for hydroxylation is 1. The predicted octanol–water partition coefficient (Wildman–Crippen LogP) is 6.38. The third-order valence-electron chi connectivity index (χ3n) is 4.77. The molecule has 0 atom stereocenters. The second kappa shape index (κ2) is 9.40. The van der Waals surface area contributed by atoms with Crippen molar-refractivity contribution in [2.75, 3.05) is 0 Å². The minimum atomic E-state index is -0.202. The SMILES string of the molecule is CC(C)(C)c1cc(CCC(=O)N/N=C\c2ccc(Cl)c(Cl)c2)cc(C(C)(C)C)c1O. The molecule has 0 aliphatic rings. The van der Waals surface area contributed by atoms with Crippen LogP contribution in [0.4, 0.5) is 0 Å². The topological polar surface area (TPSA) is 61.7 Å². The number of phenolic OH excluding ortho intramolecular Hbond substituents is 1. The second-order valence-electron chi connectivity index (χ2n) is 9.51. The van der Waals surface area contributed by atoms with E-state index in [4.69, 9.17) is 23.2 Å². The van der Waals surface area contributed by atoms with Crippen LogP contribution in [0.15, 0.2) is 35.4 Å². The number of nitrogens with zero attached hydrogens (tertiary/aromatic N) is 1. The number of carbonyl (C=O) groups excluding carboxylic acids is 1. The number of rotatable bonds is 5. The van der Waals surface area contributed by atoms with Crippen molar-refractivity contribution in [3.63, 3.8) is 0 Å². The number of benzene rings is 2. The summed E-state index contributed by atoms with van der Waals surface area (Å²) in [5.74, 6) is 0.156. The van der Waals surface area contributed by atoms with Gasteiger partial charge in [0, 0.05) is 6.42 Å². The van der Waals surface area contributed by atoms with Gasteiger partial charge in [0.25, 0.3) is 0 Å². The molecule has 0 aliphatic heterocycles. The number of hydrogen-bond donors (Lipinski definition) is 2. The van der Waals surface area contributed by atoms with Gasteiger partial charge in [0.15, 0.2) is 0 Å². The van der Waals surface area contributed by atoms with E-state index in [1.807, 2.05) is 12.1 Å². The Morgan fingerprint density at radius 2 is 1.57 bits per heavy atom. The lowest BCUT2D eigenvalue weighted by Crippen LogP contribution is -2.20. The molecule has 0 saturated heterocycles. The van der Waals surface area contributed by atoms with E-state index in [2.05, 4.69) is 52.1 Å². The van der Waals surface area contributed by atoms with Crippen molar-refractivity contribution in [2.24, 2.45) is 5.10 Å². The van der Waals surface area contributed by atoms with E-state index in [0.29, 0.717) is 22.2 Å². The number of carbonyl (C=O) groups is 1. The van der Waals surface area contributed by atoms with Crippen molar-refractivity contribution >= 4 is 35.3 Å². The summed E-state index contributed by atoms with van der Waals surface area (Å²) < 4.78 is 0. The van der Waals surface area contributed by atoms with Gasteiger partial charge in [0.05, 0.1) is 16.3 Å². The van der Waals surface area contributed by atoms with Crippen molar-refractivity contribution in [1.82, 2.24) is 5.43 Å². The summed E-state index contributed by atoms with van der Waals surface area (Å²) in [4.78, 5) is 12.2. The maximum Gasteiger partial charge on any atom is 0.240 e. The Balaban J connectivity index is 2.09. The second-order valence-corrected chi connectivity index (χ2v) is 10.3. The van der Waals surface area contributed by atoms with E-state index in [0.717, 1.165) is 22.3 Å². The molecule has 0 heterocycles. The lowest BCUT2D eigenvalue weighted by molar-refractivity contribution is -0.121. The monoisotopic (exact) mass is 448 g/mol. The molecule has 2 aromatic carbocycles. The number of hydrogen-bond acceptors (Lipinski definition) is 3. The molecule has 0 radical (unpaired) electrons. The first-order chi connectivity index (χ1) is 13.8. The minimum Gasteiger partial charge on any atom is -0.507 e. The van der Waals surface area contributed by atoms with Crippen molar-refractivity contribution in [3.8, 4) is 5.75 Å². The zero-order valence-electron chi connectivity index (χ0n) is 18.4. The number of phenols is 1. The third kappa shape index (κ3) is 6.48. The average molecular weight is 449 g/mol. The van der Waals surface area contributed by atoms with Crippen LogP contribution in [0.3, 0.4) is 0 Å². The summed E-state index contributed by atoms with van der Waals surface area (Å²) in [7, 11) is 0. The molecule has 0 bridgehead atoms. The summed E-state index contributed by atoms with van der Waals surface area (Å²) in [6.07, 6.45) is 2.37. The zero-order chi connectivity index (χ0) is 22.7. The largest absolute Gasteiger partial charge is 0.507 e. The van der Waals surface area contributed by atoms with Crippen molar-refractivity contribution in [3.05, 3.63) is 62.6 Å². The fourth-order valence-electron chi connectivity index (χ4n) is 3.07. The maximum atomic E-state index is 12.2. The van der Waals surface area contributed by atoms with E-state index in [1.165, 1.54) is 6.21 Å². The van der Waals surface area contributed by atoms with Crippen LogP contribution in [0, 0.1) is 0 Å². The summed E-state index contributed by atoms with van der Waals surface area (Å²) in [6, 6.07) is 9.12. The highest BCUT2D eigenvalue weighted by atomic mass is 35.5. The lowest BCUT2D eigenvalue weighted by atomic mass is 9.78. The van der Waals surface area contributed by atoms with Gasteiger partial charge < -0.3 is 5.11 Å². The van der Waals surface area contributed by atoms with Crippen molar-refractivity contribution < 1.29 is 9.90 Å². The summed E-state index contributed by atoms with van der Waals surface area (Å²) in [5, 5.41) is 15.7. The van der Waals surface area contributed by atoms with Gasteiger partial charge in [-0.1, -0.05) is 82.9 Å². The highest BCUT2D eigenvalue weighted by molar-refractivity contribution is 6.42. The third-order valence-corrected chi connectivity index (χ3v) is 5.51. The Labute approximate surface area is 189 Å². The molecule has 0 aromatic heterocycles. The first-order valence-corrected chi connectivity index (χ1v) is 10.7. The van der Waals surface area contributed by atoms with E-state index in [-0.39, 0.29) is 23.2 Å². The van der Waals surface area contributed by atoms with Crippen LogP contribution in [0.2, 0.25) is 10.0 Å². The predicted molar refractivity (Wildman–Crippen MR) is 126 cm³/mol. The Kier molecular flexibility index (Phi) is 7.59. The Morgan fingerprint density at radius 3 is 2.07 bits per heavy atom. The van der Waals surface area contributed by atoms with Gasteiger partial charge in [-0.15, -0.1) is 0 Å². The molecule has 4 nitrogen and oxygen atoms in total. The molecule has 1 amide bonds. The molecule has 0 unspecified atom stereocenters. The molecular weight excluding hydrogens is 419 g/mol. The summed E-state index contributed by atoms with van der Waals surface area (Å²) in [6.45, 7) is 12.4. The first kappa shape index (κ1) is 24.2. The van der Waals surface area contributed by atoms with Crippen molar-refractivity contribution in [1.29, 1.82) is 0 Å². The van der Waals surface area contributed by atoms with E-state index in [1.54, 1.807) is 18.2 Å². The molecule has 2 aromatic rings. The molecule has 0 aliphatic carbocycles. The fraction of sp³-hybridized carbons (Fsp3) is 0.417. The van der Waals surface area contributed by atoms with E-state index in [9.17, 15) is 9.90 Å². The summed E-state index contributed by atoms with van der Waals surface area (Å²) in [5.41, 5.74) is 5.68. The molecule has 30 heavy (non-hydrogen) atoms.